The summed E-state index contributed by atoms with van der Waals surface area (Å²) in [5, 5.41) is 2.73. The number of nitrogens with one attached hydrogen (secondary N) is 1. The van der Waals surface area contributed by atoms with E-state index in [1.54, 1.807) is 37.6 Å². The van der Waals surface area contributed by atoms with Crippen LogP contribution in [0.1, 0.15) is 30.7 Å². The first kappa shape index (κ1) is 22.9. The van der Waals surface area contributed by atoms with Gasteiger partial charge < -0.3 is 10.1 Å². The molecule has 1 aliphatic rings. The average Bonchev–Trinajstić information content (AvgIpc) is 2.81. The monoisotopic (exact) mass is 480 g/mol. The first-order chi connectivity index (χ1) is 16.8. The van der Waals surface area contributed by atoms with Gasteiger partial charge in [-0.25, -0.2) is 9.97 Å². The molecule has 4 aromatic rings. The lowest BCUT2D eigenvalue weighted by Gasteiger charge is -2.25. The van der Waals surface area contributed by atoms with Crippen LogP contribution in [0, 0.1) is 0 Å². The fraction of sp³-hybridized carbons (Fsp3) is 0.269. The summed E-state index contributed by atoms with van der Waals surface area (Å²) in [5.74, 6) is 0.995. The molecule has 180 valence electrons. The normalized spacial score (nSPS) is 14.1. The number of ether oxygens (including phenoxy) is 1. The van der Waals surface area contributed by atoms with Crippen LogP contribution in [0.3, 0.4) is 0 Å². The van der Waals surface area contributed by atoms with Gasteiger partial charge in [-0.2, -0.15) is 13.2 Å². The van der Waals surface area contributed by atoms with E-state index in [0.29, 0.717) is 33.9 Å². The molecule has 0 saturated heterocycles. The Hall–Kier alpha value is -3.88. The van der Waals surface area contributed by atoms with Crippen LogP contribution in [0.2, 0.25) is 0 Å². The molecular weight excluding hydrogens is 457 g/mol. The summed E-state index contributed by atoms with van der Waals surface area (Å²) in [4.78, 5) is 22.1. The van der Waals surface area contributed by atoms with Gasteiger partial charge in [-0.3, -0.25) is 9.36 Å². The molecule has 0 spiro atoms. The fourth-order valence-electron chi connectivity index (χ4n) is 4.23. The third-order valence-corrected chi connectivity index (χ3v) is 6.33. The number of benzene rings is 2. The number of hydrogen-bond acceptors (Lipinski definition) is 5. The van der Waals surface area contributed by atoms with Crippen LogP contribution in [0.5, 0.6) is 5.75 Å². The highest BCUT2D eigenvalue weighted by molar-refractivity contribution is 5.93. The summed E-state index contributed by atoms with van der Waals surface area (Å²) < 4.78 is 44.8. The molecule has 1 N–H and O–H groups in total. The van der Waals surface area contributed by atoms with Crippen molar-refractivity contribution in [2.45, 2.75) is 31.4 Å². The summed E-state index contributed by atoms with van der Waals surface area (Å²) in [6.07, 6.45) is 2.12. The minimum atomic E-state index is -4.42. The van der Waals surface area contributed by atoms with Crippen LogP contribution in [0.4, 0.5) is 19.1 Å². The van der Waals surface area contributed by atoms with E-state index in [0.717, 1.165) is 12.8 Å². The number of nitrogens with zero attached hydrogens (tertiary/aromatic N) is 3. The summed E-state index contributed by atoms with van der Waals surface area (Å²) in [6, 6.07) is 14.8. The van der Waals surface area contributed by atoms with Gasteiger partial charge in [0.15, 0.2) is 0 Å². The Morgan fingerprint density at radius 2 is 1.80 bits per heavy atom. The minimum Gasteiger partial charge on any atom is -0.497 e. The predicted octanol–water partition coefficient (Wildman–Crippen LogP) is 5.70. The van der Waals surface area contributed by atoms with Crippen molar-refractivity contribution in [3.05, 3.63) is 76.8 Å². The maximum atomic E-state index is 13.7. The Morgan fingerprint density at radius 1 is 1.09 bits per heavy atom. The minimum absolute atomic E-state index is 0.191. The van der Waals surface area contributed by atoms with E-state index in [4.69, 9.17) is 4.74 Å². The van der Waals surface area contributed by atoms with Crippen molar-refractivity contribution < 1.29 is 17.9 Å². The van der Waals surface area contributed by atoms with Gasteiger partial charge in [0.05, 0.1) is 18.2 Å². The van der Waals surface area contributed by atoms with Gasteiger partial charge in [0, 0.05) is 23.5 Å². The van der Waals surface area contributed by atoms with Gasteiger partial charge in [0.25, 0.3) is 5.56 Å². The summed E-state index contributed by atoms with van der Waals surface area (Å²) >= 11 is 0. The summed E-state index contributed by atoms with van der Waals surface area (Å²) in [5.41, 5.74) is 2.74. The lowest BCUT2D eigenvalue weighted by atomic mass is 9.80. The molecule has 0 aliphatic heterocycles. The Morgan fingerprint density at radius 3 is 2.40 bits per heavy atom. The van der Waals surface area contributed by atoms with Crippen molar-refractivity contribution in [3.8, 4) is 22.6 Å². The van der Waals surface area contributed by atoms with Crippen LogP contribution in [0.15, 0.2) is 65.7 Å². The van der Waals surface area contributed by atoms with Crippen LogP contribution in [-0.4, -0.2) is 34.4 Å². The third-order valence-electron chi connectivity index (χ3n) is 6.33. The number of hydrogen-bond donors (Lipinski definition) is 1. The van der Waals surface area contributed by atoms with Crippen LogP contribution >= 0.6 is 0 Å². The second-order valence-electron chi connectivity index (χ2n) is 8.59. The van der Waals surface area contributed by atoms with Crippen LogP contribution in [-0.2, 0) is 0 Å². The number of methoxy groups -OCH3 is 1. The number of fused-ring (bicyclic) bond motifs is 1. The van der Waals surface area contributed by atoms with Crippen molar-refractivity contribution in [1.82, 2.24) is 14.5 Å². The van der Waals surface area contributed by atoms with Crippen LogP contribution < -0.4 is 15.6 Å². The average molecular weight is 480 g/mol. The number of pyridine rings is 1. The van der Waals surface area contributed by atoms with Gasteiger partial charge in [0.2, 0.25) is 5.95 Å². The van der Waals surface area contributed by atoms with E-state index in [1.807, 2.05) is 24.3 Å². The topological polar surface area (TPSA) is 69.0 Å². The highest BCUT2D eigenvalue weighted by Crippen LogP contribution is 2.37. The zero-order valence-corrected chi connectivity index (χ0v) is 19.0. The summed E-state index contributed by atoms with van der Waals surface area (Å²) in [7, 11) is 1.56. The number of alkyl halides is 3. The number of rotatable bonds is 6. The maximum Gasteiger partial charge on any atom is 0.405 e. The zero-order chi connectivity index (χ0) is 24.6. The van der Waals surface area contributed by atoms with E-state index in [1.165, 1.54) is 22.7 Å². The Bertz CT molecular complexity index is 1410. The van der Waals surface area contributed by atoms with Crippen molar-refractivity contribution in [2.75, 3.05) is 19.0 Å². The zero-order valence-electron chi connectivity index (χ0n) is 19.0. The first-order valence-electron chi connectivity index (χ1n) is 11.3. The molecule has 6 nitrogen and oxygen atoms in total. The van der Waals surface area contributed by atoms with Crippen molar-refractivity contribution in [2.24, 2.45) is 0 Å². The molecule has 0 amide bonds. The van der Waals surface area contributed by atoms with Crippen molar-refractivity contribution >= 4 is 16.9 Å². The third kappa shape index (κ3) is 4.71. The Labute approximate surface area is 199 Å². The summed E-state index contributed by atoms with van der Waals surface area (Å²) in [6.45, 7) is -1.27. The number of anilines is 1. The first-order valence-corrected chi connectivity index (χ1v) is 11.3. The van der Waals surface area contributed by atoms with Gasteiger partial charge in [-0.1, -0.05) is 30.7 Å². The smallest absolute Gasteiger partial charge is 0.405 e. The molecule has 0 unspecified atom stereocenters. The van der Waals surface area contributed by atoms with Crippen molar-refractivity contribution in [3.63, 3.8) is 0 Å². The quantitative estimate of drug-likeness (QED) is 0.384. The lowest BCUT2D eigenvalue weighted by Crippen LogP contribution is -2.23. The molecule has 0 atom stereocenters. The van der Waals surface area contributed by atoms with Gasteiger partial charge in [0.1, 0.15) is 12.3 Å². The number of aromatic nitrogens is 3. The van der Waals surface area contributed by atoms with Gasteiger partial charge in [-0.05, 0) is 54.2 Å². The fourth-order valence-corrected chi connectivity index (χ4v) is 4.23. The van der Waals surface area contributed by atoms with Crippen LogP contribution in [0.25, 0.3) is 27.7 Å². The van der Waals surface area contributed by atoms with Gasteiger partial charge in [-0.15, -0.1) is 0 Å². The molecule has 2 heterocycles. The van der Waals surface area contributed by atoms with Crippen molar-refractivity contribution in [1.29, 1.82) is 0 Å². The Kier molecular flexibility index (Phi) is 5.92. The molecule has 2 aromatic heterocycles. The predicted molar refractivity (Wildman–Crippen MR) is 128 cm³/mol. The lowest BCUT2D eigenvalue weighted by molar-refractivity contribution is -0.115. The van der Waals surface area contributed by atoms with E-state index < -0.39 is 12.7 Å². The highest BCUT2D eigenvalue weighted by atomic mass is 19.4. The van der Waals surface area contributed by atoms with E-state index in [-0.39, 0.29) is 17.0 Å². The number of halogens is 3. The standard InChI is InChI=1S/C26H23F3N4O2/c1-35-21-11-9-20(10-12-21)33-14-19-13-30-25(31-15-26(27,28)29)32-23(19)22(24(33)34)18-7-5-17(6-8-18)16-3-2-4-16/h5-14,16H,2-4,15H2,1H3,(H,31,32). The molecule has 5 rings (SSSR count). The van der Waals surface area contributed by atoms with E-state index in [9.17, 15) is 18.0 Å². The molecular formula is C26H23F3N4O2. The van der Waals surface area contributed by atoms with Gasteiger partial charge >= 0.3 is 6.18 Å². The molecule has 0 bridgehead atoms. The maximum absolute atomic E-state index is 13.7. The van der Waals surface area contributed by atoms with E-state index >= 15 is 0 Å². The highest BCUT2D eigenvalue weighted by Gasteiger charge is 2.27. The van der Waals surface area contributed by atoms with E-state index in [2.05, 4.69) is 15.3 Å². The second-order valence-corrected chi connectivity index (χ2v) is 8.59. The Balaban J connectivity index is 1.66. The molecule has 9 heteroatoms. The SMILES string of the molecule is COc1ccc(-n2cc3cnc(NCC(F)(F)F)nc3c(-c3ccc(C4CCC4)cc3)c2=O)cc1. The second kappa shape index (κ2) is 9.05. The molecule has 1 fully saturated rings. The molecule has 1 saturated carbocycles. The molecule has 2 aromatic carbocycles. The largest absolute Gasteiger partial charge is 0.497 e. The molecule has 35 heavy (non-hydrogen) atoms. The molecule has 0 radical (unpaired) electrons. The molecule has 1 aliphatic carbocycles.